The Morgan fingerprint density at radius 1 is 0.850 bits per heavy atom. The molecule has 20 heavy (non-hydrogen) atoms. The van der Waals surface area contributed by atoms with Crippen LogP contribution in [0.25, 0.3) is 0 Å². The maximum atomic E-state index is 10.5. The second-order valence-electron chi connectivity index (χ2n) is 3.86. The lowest BCUT2D eigenvalue weighted by molar-refractivity contribution is -0.384. The fourth-order valence-electron chi connectivity index (χ4n) is 1.48. The van der Waals surface area contributed by atoms with Crippen LogP contribution in [0.5, 0.6) is 0 Å². The lowest BCUT2D eigenvalue weighted by Gasteiger charge is -2.37. The number of hydrogen-bond acceptors (Lipinski definition) is 7. The average molecular weight is 274 g/mol. The van der Waals surface area contributed by atoms with Crippen LogP contribution in [0.3, 0.4) is 0 Å². The maximum Gasteiger partial charge on any atom is 0.269 e. The monoisotopic (exact) mass is 274 g/mol. The van der Waals surface area contributed by atoms with E-state index in [0.717, 1.165) is 0 Å². The minimum absolute atomic E-state index is 0.00545. The summed E-state index contributed by atoms with van der Waals surface area (Å²) in [5.41, 5.74) is 6.94. The summed E-state index contributed by atoms with van der Waals surface area (Å²) in [6.45, 7) is 0. The van der Waals surface area contributed by atoms with Crippen molar-refractivity contribution in [2.24, 2.45) is 0 Å². The first-order chi connectivity index (χ1) is 9.56. The van der Waals surface area contributed by atoms with Crippen molar-refractivity contribution in [3.05, 3.63) is 69.1 Å². The van der Waals surface area contributed by atoms with E-state index in [1.165, 1.54) is 24.3 Å². The van der Waals surface area contributed by atoms with E-state index in [2.05, 4.69) is 10.9 Å². The van der Waals surface area contributed by atoms with Crippen LogP contribution >= 0.6 is 0 Å². The van der Waals surface area contributed by atoms with Gasteiger partial charge >= 0.3 is 0 Å². The van der Waals surface area contributed by atoms with Gasteiger partial charge in [0.15, 0.2) is 0 Å². The summed E-state index contributed by atoms with van der Waals surface area (Å²) in [4.78, 5) is 10.0. The molecule has 2 aromatic rings. The molecule has 0 saturated carbocycles. The largest absolute Gasteiger partial charge is 0.769 e. The Bertz CT molecular complexity index is 583. The molecule has 8 heteroatoms. The molecular weight excluding hydrogens is 264 g/mol. The molecule has 0 aliphatic carbocycles. The average Bonchev–Trinajstić information content (AvgIpc) is 2.46. The molecule has 0 heterocycles. The highest BCUT2D eigenvalue weighted by atomic mass is 16.8. The second-order valence-corrected chi connectivity index (χ2v) is 3.86. The molecule has 104 valence electrons. The summed E-state index contributed by atoms with van der Waals surface area (Å²) < 4.78 is 0. The molecule has 2 N–H and O–H groups in total. The van der Waals surface area contributed by atoms with Crippen LogP contribution in [0.2, 0.25) is 0 Å². The number of non-ortho nitro benzene ring substituents is 1. The van der Waals surface area contributed by atoms with Crippen LogP contribution in [-0.2, 0) is 0 Å². The standard InChI is InChI=1S/C12H10N4O4/c17-15(18)11-5-1-9(2-6-11)13-14-10-3-7-12(8-4-10)16(19)20/h1-8,13-14H/q-2. The molecule has 2 rings (SSSR count). The van der Waals surface area contributed by atoms with Gasteiger partial charge in [0.1, 0.15) is 0 Å². The number of nitro benzene ring substituents is 1. The van der Waals surface area contributed by atoms with Gasteiger partial charge in [-0.15, -0.1) is 0 Å². The van der Waals surface area contributed by atoms with Gasteiger partial charge in [0.2, 0.25) is 0 Å². The van der Waals surface area contributed by atoms with E-state index in [1.807, 2.05) is 0 Å². The summed E-state index contributed by atoms with van der Waals surface area (Å²) in [6.07, 6.45) is 0. The van der Waals surface area contributed by atoms with E-state index in [-0.39, 0.29) is 11.4 Å². The van der Waals surface area contributed by atoms with Crippen molar-refractivity contribution in [1.82, 2.24) is 0 Å². The number of nitrogens with one attached hydrogen (secondary N) is 2. The summed E-state index contributed by atoms with van der Waals surface area (Å²) in [5.74, 6) is 0. The van der Waals surface area contributed by atoms with Gasteiger partial charge in [-0.3, -0.25) is 10.1 Å². The Morgan fingerprint density at radius 2 is 1.30 bits per heavy atom. The summed E-state index contributed by atoms with van der Waals surface area (Å²) in [6, 6.07) is 11.7. The SMILES string of the molecule is O=[N+]([O-])c1ccc(NNc2ccc(N([O-])[O-])cc2)cc1. The molecule has 0 spiro atoms. The summed E-state index contributed by atoms with van der Waals surface area (Å²) in [7, 11) is 0. The highest BCUT2D eigenvalue weighted by Crippen LogP contribution is 2.18. The fourth-order valence-corrected chi connectivity index (χ4v) is 1.48. The highest BCUT2D eigenvalue weighted by molar-refractivity contribution is 5.59. The van der Waals surface area contributed by atoms with Crippen LogP contribution in [-0.4, -0.2) is 4.92 Å². The lowest BCUT2D eigenvalue weighted by Crippen LogP contribution is -2.09. The quantitative estimate of drug-likeness (QED) is 0.635. The van der Waals surface area contributed by atoms with Crippen molar-refractivity contribution in [1.29, 1.82) is 0 Å². The number of hydrogen-bond donors (Lipinski definition) is 2. The van der Waals surface area contributed by atoms with Crippen LogP contribution in [0.1, 0.15) is 0 Å². The molecule has 0 aromatic heterocycles. The van der Waals surface area contributed by atoms with E-state index in [0.29, 0.717) is 11.4 Å². The van der Waals surface area contributed by atoms with Crippen molar-refractivity contribution in [2.45, 2.75) is 0 Å². The minimum atomic E-state index is -0.479. The van der Waals surface area contributed by atoms with Gasteiger partial charge in [0.25, 0.3) is 5.69 Å². The molecule has 8 nitrogen and oxygen atoms in total. The molecule has 0 unspecified atom stereocenters. The third-order valence-electron chi connectivity index (χ3n) is 2.51. The zero-order chi connectivity index (χ0) is 14.5. The molecule has 0 amide bonds. The maximum absolute atomic E-state index is 10.5. The minimum Gasteiger partial charge on any atom is -0.769 e. The Balaban J connectivity index is 1.96. The van der Waals surface area contributed by atoms with E-state index in [4.69, 9.17) is 0 Å². The lowest BCUT2D eigenvalue weighted by atomic mass is 10.3. The van der Waals surface area contributed by atoms with Gasteiger partial charge in [-0.25, -0.2) is 0 Å². The summed E-state index contributed by atoms with van der Waals surface area (Å²) >= 11 is 0. The van der Waals surface area contributed by atoms with E-state index < -0.39 is 10.1 Å². The molecule has 2 aromatic carbocycles. The van der Waals surface area contributed by atoms with Gasteiger partial charge in [0.05, 0.1) is 16.3 Å². The molecule has 0 fully saturated rings. The molecule has 0 saturated heterocycles. The zero-order valence-electron chi connectivity index (χ0n) is 10.1. The Morgan fingerprint density at radius 3 is 1.70 bits per heavy atom. The van der Waals surface area contributed by atoms with Crippen molar-refractivity contribution < 1.29 is 4.92 Å². The third kappa shape index (κ3) is 3.34. The number of anilines is 3. The van der Waals surface area contributed by atoms with Crippen molar-refractivity contribution in [3.63, 3.8) is 0 Å². The second kappa shape index (κ2) is 5.87. The van der Waals surface area contributed by atoms with Crippen molar-refractivity contribution in [2.75, 3.05) is 16.1 Å². The summed E-state index contributed by atoms with van der Waals surface area (Å²) in [5, 5.41) is 31.0. The molecular formula is C12H10N4O4-2. The van der Waals surface area contributed by atoms with Gasteiger partial charge in [-0.1, -0.05) is 0 Å². The smallest absolute Gasteiger partial charge is 0.269 e. The number of nitrogens with zero attached hydrogens (tertiary/aromatic N) is 2. The van der Waals surface area contributed by atoms with Gasteiger partial charge in [0, 0.05) is 17.8 Å². The normalized spacial score (nSPS) is 9.90. The first-order valence-electron chi connectivity index (χ1n) is 5.57. The number of hydrazine groups is 1. The molecule has 0 radical (unpaired) electrons. The van der Waals surface area contributed by atoms with Crippen LogP contribution in [0.4, 0.5) is 22.7 Å². The van der Waals surface area contributed by atoms with Crippen molar-refractivity contribution >= 4 is 22.7 Å². The number of benzene rings is 2. The van der Waals surface area contributed by atoms with Gasteiger partial charge < -0.3 is 26.5 Å². The first-order valence-corrected chi connectivity index (χ1v) is 5.57. The predicted octanol–water partition coefficient (Wildman–Crippen LogP) is 2.84. The molecule has 0 aliphatic heterocycles. The first kappa shape index (κ1) is 13.6. The van der Waals surface area contributed by atoms with E-state index in [9.17, 15) is 20.5 Å². The van der Waals surface area contributed by atoms with Crippen LogP contribution < -0.4 is 16.1 Å². The zero-order valence-corrected chi connectivity index (χ0v) is 10.1. The van der Waals surface area contributed by atoms with Gasteiger partial charge in [-0.2, -0.15) is 0 Å². The Kier molecular flexibility index (Phi) is 3.99. The number of nitro groups is 1. The molecule has 0 atom stereocenters. The van der Waals surface area contributed by atoms with Crippen LogP contribution in [0.15, 0.2) is 48.5 Å². The predicted molar refractivity (Wildman–Crippen MR) is 76.0 cm³/mol. The number of rotatable bonds is 5. The van der Waals surface area contributed by atoms with Crippen LogP contribution in [0, 0.1) is 20.5 Å². The Labute approximate surface area is 113 Å². The molecule has 0 aliphatic rings. The molecule has 0 bridgehead atoms. The van der Waals surface area contributed by atoms with Gasteiger partial charge in [-0.05, 0) is 36.4 Å². The van der Waals surface area contributed by atoms with E-state index >= 15 is 0 Å². The van der Waals surface area contributed by atoms with E-state index in [1.54, 1.807) is 24.3 Å². The Hall–Kier alpha value is -2.84. The van der Waals surface area contributed by atoms with Crippen molar-refractivity contribution in [3.8, 4) is 0 Å². The highest BCUT2D eigenvalue weighted by Gasteiger charge is 2.03. The third-order valence-corrected chi connectivity index (χ3v) is 2.51. The topological polar surface area (TPSA) is 117 Å². The fraction of sp³-hybridized carbons (Fsp3) is 0.